The summed E-state index contributed by atoms with van der Waals surface area (Å²) < 4.78 is 5.56. The van der Waals surface area contributed by atoms with Gasteiger partial charge in [-0.2, -0.15) is 0 Å². The Morgan fingerprint density at radius 2 is 2.06 bits per heavy atom. The number of rotatable bonds is 6. The Hall–Kier alpha value is -0.610. The number of hydrogen-bond acceptors (Lipinski definition) is 3. The number of amides is 1. The average Bonchev–Trinajstić information content (AvgIpc) is 2.11. The van der Waals surface area contributed by atoms with Crippen molar-refractivity contribution < 1.29 is 14.6 Å². The Bertz CT molecular complexity index is 224. The zero-order valence-electron chi connectivity index (χ0n) is 10.5. The van der Waals surface area contributed by atoms with Gasteiger partial charge in [0.25, 0.3) is 0 Å². The topological polar surface area (TPSA) is 49.8 Å². The number of ether oxygens (including phenoxy) is 1. The maximum absolute atomic E-state index is 11.5. The van der Waals surface area contributed by atoms with Crippen LogP contribution in [0.15, 0.2) is 0 Å². The molecule has 94 valence electrons. The van der Waals surface area contributed by atoms with Crippen LogP contribution in [0.5, 0.6) is 0 Å². The molecule has 1 atom stereocenters. The van der Waals surface area contributed by atoms with Gasteiger partial charge in [0.05, 0.1) is 25.2 Å². The lowest BCUT2D eigenvalue weighted by molar-refractivity contribution is -0.142. The number of carbonyl (C=O) groups is 1. The molecule has 4 heteroatoms. The second-order valence-corrected chi connectivity index (χ2v) is 5.01. The summed E-state index contributed by atoms with van der Waals surface area (Å²) in [6.45, 7) is 7.82. The second kappa shape index (κ2) is 6.21. The van der Waals surface area contributed by atoms with Crippen molar-refractivity contribution in [1.82, 2.24) is 4.90 Å². The van der Waals surface area contributed by atoms with E-state index in [9.17, 15) is 4.79 Å². The molecule has 16 heavy (non-hydrogen) atoms. The molecule has 1 unspecified atom stereocenters. The zero-order chi connectivity index (χ0) is 12.1. The van der Waals surface area contributed by atoms with Gasteiger partial charge < -0.3 is 14.7 Å². The summed E-state index contributed by atoms with van der Waals surface area (Å²) in [5.74, 6) is 0.707. The molecule has 0 aromatic carbocycles. The van der Waals surface area contributed by atoms with Crippen LogP contribution in [0.25, 0.3) is 0 Å². The van der Waals surface area contributed by atoms with Crippen molar-refractivity contribution in [3.8, 4) is 0 Å². The first kappa shape index (κ1) is 13.5. The van der Waals surface area contributed by atoms with Crippen molar-refractivity contribution >= 4 is 5.91 Å². The van der Waals surface area contributed by atoms with E-state index in [1.807, 2.05) is 6.92 Å². The van der Waals surface area contributed by atoms with E-state index in [0.29, 0.717) is 32.0 Å². The molecule has 0 bridgehead atoms. The lowest BCUT2D eigenvalue weighted by Crippen LogP contribution is -2.53. The van der Waals surface area contributed by atoms with E-state index in [1.165, 1.54) is 0 Å². The van der Waals surface area contributed by atoms with Crippen LogP contribution in [-0.4, -0.2) is 47.8 Å². The van der Waals surface area contributed by atoms with E-state index in [4.69, 9.17) is 9.84 Å². The highest BCUT2D eigenvalue weighted by Crippen LogP contribution is 2.11. The van der Waals surface area contributed by atoms with Crippen LogP contribution >= 0.6 is 0 Å². The van der Waals surface area contributed by atoms with Crippen molar-refractivity contribution in [3.63, 3.8) is 0 Å². The molecule has 4 nitrogen and oxygen atoms in total. The highest BCUT2D eigenvalue weighted by atomic mass is 16.5. The van der Waals surface area contributed by atoms with Crippen LogP contribution in [0.2, 0.25) is 0 Å². The molecule has 1 heterocycles. The quantitative estimate of drug-likeness (QED) is 0.740. The minimum Gasteiger partial charge on any atom is -0.389 e. The smallest absolute Gasteiger partial charge is 0.225 e. The van der Waals surface area contributed by atoms with Crippen LogP contribution in [0.3, 0.4) is 0 Å². The monoisotopic (exact) mass is 229 g/mol. The number of nitrogens with zero attached hydrogens (tertiary/aromatic N) is 1. The lowest BCUT2D eigenvalue weighted by atomic mass is 10.1. The molecule has 0 aliphatic carbocycles. The Labute approximate surface area is 97.6 Å². The first-order valence-electron chi connectivity index (χ1n) is 6.06. The molecule has 1 fully saturated rings. The minimum atomic E-state index is -0.315. The number of hydrogen-bond donors (Lipinski definition) is 1. The van der Waals surface area contributed by atoms with Gasteiger partial charge >= 0.3 is 0 Å². The van der Waals surface area contributed by atoms with E-state index in [2.05, 4.69) is 13.8 Å². The molecular weight excluding hydrogens is 206 g/mol. The van der Waals surface area contributed by atoms with Crippen LogP contribution in [-0.2, 0) is 9.53 Å². The van der Waals surface area contributed by atoms with E-state index >= 15 is 0 Å². The Morgan fingerprint density at radius 1 is 1.44 bits per heavy atom. The van der Waals surface area contributed by atoms with Gasteiger partial charge in [-0.1, -0.05) is 13.8 Å². The predicted molar refractivity (Wildman–Crippen MR) is 62.1 cm³/mol. The molecule has 0 saturated carbocycles. The van der Waals surface area contributed by atoms with Crippen LogP contribution in [0, 0.1) is 5.92 Å². The normalized spacial score (nSPS) is 18.7. The average molecular weight is 229 g/mol. The van der Waals surface area contributed by atoms with Gasteiger partial charge in [-0.3, -0.25) is 4.79 Å². The van der Waals surface area contributed by atoms with E-state index in [0.717, 1.165) is 6.42 Å². The Balaban J connectivity index is 2.04. The molecule has 1 N–H and O–H groups in total. The van der Waals surface area contributed by atoms with Crippen LogP contribution in [0.4, 0.5) is 0 Å². The largest absolute Gasteiger partial charge is 0.389 e. The van der Waals surface area contributed by atoms with Gasteiger partial charge in [-0.05, 0) is 19.3 Å². The number of aliphatic hydroxyl groups is 1. The first-order valence-corrected chi connectivity index (χ1v) is 6.06. The second-order valence-electron chi connectivity index (χ2n) is 5.01. The fourth-order valence-corrected chi connectivity index (χ4v) is 1.90. The summed E-state index contributed by atoms with van der Waals surface area (Å²) >= 11 is 0. The maximum atomic E-state index is 11.5. The third kappa shape index (κ3) is 4.49. The van der Waals surface area contributed by atoms with E-state index in [-0.39, 0.29) is 18.1 Å². The van der Waals surface area contributed by atoms with Gasteiger partial charge in [-0.15, -0.1) is 0 Å². The molecule has 0 aromatic heterocycles. The molecule has 0 spiro atoms. The Kier molecular flexibility index (Phi) is 5.22. The van der Waals surface area contributed by atoms with Gasteiger partial charge in [0.15, 0.2) is 0 Å². The molecule has 0 aromatic rings. The summed E-state index contributed by atoms with van der Waals surface area (Å²) in [6, 6.07) is 0. The van der Waals surface area contributed by atoms with Crippen molar-refractivity contribution in [1.29, 1.82) is 0 Å². The van der Waals surface area contributed by atoms with Crippen molar-refractivity contribution in [2.24, 2.45) is 5.92 Å². The maximum Gasteiger partial charge on any atom is 0.225 e. The van der Waals surface area contributed by atoms with Crippen LogP contribution < -0.4 is 0 Å². The third-order valence-corrected chi connectivity index (χ3v) is 2.74. The zero-order valence-corrected chi connectivity index (χ0v) is 10.5. The van der Waals surface area contributed by atoms with Crippen LogP contribution in [0.1, 0.15) is 33.6 Å². The fourth-order valence-electron chi connectivity index (χ4n) is 1.90. The highest BCUT2D eigenvalue weighted by Gasteiger charge is 2.28. The van der Waals surface area contributed by atoms with E-state index in [1.54, 1.807) is 4.90 Å². The van der Waals surface area contributed by atoms with Crippen molar-refractivity contribution in [2.45, 2.75) is 45.8 Å². The molecule has 1 aliphatic heterocycles. The van der Waals surface area contributed by atoms with Crippen molar-refractivity contribution in [3.05, 3.63) is 0 Å². The molecule has 0 radical (unpaired) electrons. The summed E-state index contributed by atoms with van der Waals surface area (Å²) in [5.41, 5.74) is 0. The molecule has 1 rings (SSSR count). The number of carbonyl (C=O) groups excluding carboxylic acids is 1. The predicted octanol–water partition coefficient (Wildman–Crippen LogP) is 1.03. The summed E-state index contributed by atoms with van der Waals surface area (Å²) in [4.78, 5) is 13.2. The summed E-state index contributed by atoms with van der Waals surface area (Å²) in [6.07, 6.45) is 1.35. The lowest BCUT2D eigenvalue weighted by Gasteiger charge is -2.36. The molecule has 1 saturated heterocycles. The fraction of sp³-hybridized carbons (Fsp3) is 0.917. The number of β-amino-alcohol motifs (C(OH)–C–C–N with tert-alkyl or cyclic N) is 1. The first-order chi connectivity index (χ1) is 7.49. The number of aliphatic hydroxyl groups excluding tert-OH is 1. The van der Waals surface area contributed by atoms with Gasteiger partial charge in [0.1, 0.15) is 0 Å². The highest BCUT2D eigenvalue weighted by molar-refractivity contribution is 5.77. The third-order valence-electron chi connectivity index (χ3n) is 2.74. The molecule has 1 aliphatic rings. The van der Waals surface area contributed by atoms with Gasteiger partial charge in [0.2, 0.25) is 5.91 Å². The van der Waals surface area contributed by atoms with E-state index < -0.39 is 0 Å². The summed E-state index contributed by atoms with van der Waals surface area (Å²) in [5, 5.41) is 9.05. The molecule has 1 amide bonds. The SMILES string of the molecule is CC(C)CC(C)OCCC(=O)N1CC(O)C1. The molecular formula is C12H23NO3. The van der Waals surface area contributed by atoms with Gasteiger partial charge in [-0.25, -0.2) is 0 Å². The standard InChI is InChI=1S/C12H23NO3/c1-9(2)6-10(3)16-5-4-12(15)13-7-11(14)8-13/h9-11,14H,4-8H2,1-3H3. The van der Waals surface area contributed by atoms with Gasteiger partial charge in [0, 0.05) is 13.1 Å². The summed E-state index contributed by atoms with van der Waals surface area (Å²) in [7, 11) is 0. The minimum absolute atomic E-state index is 0.0852. The number of likely N-dealkylation sites (tertiary alicyclic amines) is 1. The Morgan fingerprint density at radius 3 is 2.56 bits per heavy atom. The van der Waals surface area contributed by atoms with Crippen molar-refractivity contribution in [2.75, 3.05) is 19.7 Å².